The molecule has 1 heterocycles. The third-order valence-electron chi connectivity index (χ3n) is 5.15. The van der Waals surface area contributed by atoms with Crippen LogP contribution >= 0.6 is 34.5 Å². The van der Waals surface area contributed by atoms with E-state index in [0.29, 0.717) is 41.6 Å². The van der Waals surface area contributed by atoms with Gasteiger partial charge in [0.2, 0.25) is 0 Å². The van der Waals surface area contributed by atoms with Gasteiger partial charge in [-0.3, -0.25) is 9.59 Å². The molecular formula is C23H28Cl2N2O4S. The maximum absolute atomic E-state index is 13.0. The standard InChI is InChI=1S/C23H28Cl2N2O4S/c1-3-10-31-20-16(24)12-14(13-17(20)25)21(28)27-23-19(22(29)26-9-6-11-30-2)15-7-4-5-8-18(15)32-23/h12-13H,3-11H2,1-2H3,(H,26,29)(H,27,28). The molecule has 2 N–H and O–H groups in total. The number of rotatable bonds is 10. The summed E-state index contributed by atoms with van der Waals surface area (Å²) in [7, 11) is 1.63. The summed E-state index contributed by atoms with van der Waals surface area (Å²) in [6.07, 6.45) is 5.41. The van der Waals surface area contributed by atoms with Crippen LogP contribution in [0.5, 0.6) is 5.75 Å². The van der Waals surface area contributed by atoms with E-state index in [9.17, 15) is 9.59 Å². The molecule has 1 aromatic carbocycles. The van der Waals surface area contributed by atoms with Crippen molar-refractivity contribution in [3.8, 4) is 5.75 Å². The van der Waals surface area contributed by atoms with Gasteiger partial charge in [0, 0.05) is 30.7 Å². The van der Waals surface area contributed by atoms with E-state index in [-0.39, 0.29) is 21.9 Å². The molecule has 174 valence electrons. The number of anilines is 1. The van der Waals surface area contributed by atoms with Crippen LogP contribution in [0.1, 0.15) is 63.8 Å². The fraction of sp³-hybridized carbons (Fsp3) is 0.478. The molecular weight excluding hydrogens is 471 g/mol. The van der Waals surface area contributed by atoms with Gasteiger partial charge in [-0.1, -0.05) is 30.1 Å². The second-order valence-electron chi connectivity index (χ2n) is 7.59. The molecule has 1 aromatic heterocycles. The van der Waals surface area contributed by atoms with Crippen molar-refractivity contribution in [2.75, 3.05) is 32.2 Å². The Kier molecular flexibility index (Phi) is 9.22. The van der Waals surface area contributed by atoms with Crippen molar-refractivity contribution in [2.45, 2.75) is 45.4 Å². The average Bonchev–Trinajstić information content (AvgIpc) is 3.13. The van der Waals surface area contributed by atoms with Gasteiger partial charge in [0.05, 0.1) is 22.2 Å². The number of carbonyl (C=O) groups excluding carboxylic acids is 2. The zero-order valence-electron chi connectivity index (χ0n) is 18.3. The van der Waals surface area contributed by atoms with Gasteiger partial charge in [-0.2, -0.15) is 0 Å². The highest BCUT2D eigenvalue weighted by Crippen LogP contribution is 2.39. The molecule has 1 aliphatic carbocycles. The number of aryl methyl sites for hydroxylation is 1. The molecule has 6 nitrogen and oxygen atoms in total. The molecule has 0 saturated heterocycles. The number of halogens is 2. The maximum Gasteiger partial charge on any atom is 0.256 e. The lowest BCUT2D eigenvalue weighted by atomic mass is 9.95. The molecule has 0 spiro atoms. The molecule has 0 radical (unpaired) electrons. The fourth-order valence-corrected chi connectivity index (χ4v) is 5.49. The summed E-state index contributed by atoms with van der Waals surface area (Å²) in [4.78, 5) is 27.2. The number of hydrogen-bond donors (Lipinski definition) is 2. The van der Waals surface area contributed by atoms with Gasteiger partial charge in [-0.05, 0) is 56.2 Å². The molecule has 0 unspecified atom stereocenters. The Balaban J connectivity index is 1.83. The van der Waals surface area contributed by atoms with Crippen LogP contribution in [0.2, 0.25) is 10.0 Å². The van der Waals surface area contributed by atoms with Gasteiger partial charge < -0.3 is 20.1 Å². The molecule has 0 bridgehead atoms. The molecule has 32 heavy (non-hydrogen) atoms. The summed E-state index contributed by atoms with van der Waals surface area (Å²) in [6, 6.07) is 3.07. The number of ether oxygens (including phenoxy) is 2. The fourth-order valence-electron chi connectivity index (χ4n) is 3.61. The first kappa shape index (κ1) is 24.8. The molecule has 0 saturated carbocycles. The molecule has 2 aromatic rings. The second-order valence-corrected chi connectivity index (χ2v) is 9.51. The van der Waals surface area contributed by atoms with Gasteiger partial charge in [-0.25, -0.2) is 0 Å². The first-order valence-corrected chi connectivity index (χ1v) is 12.4. The number of methoxy groups -OCH3 is 1. The third-order valence-corrected chi connectivity index (χ3v) is 6.92. The van der Waals surface area contributed by atoms with Crippen LogP contribution < -0.4 is 15.4 Å². The van der Waals surface area contributed by atoms with E-state index in [1.165, 1.54) is 23.5 Å². The van der Waals surface area contributed by atoms with E-state index < -0.39 is 0 Å². The van der Waals surface area contributed by atoms with E-state index in [1.54, 1.807) is 7.11 Å². The Morgan fingerprint density at radius 1 is 1.09 bits per heavy atom. The Morgan fingerprint density at radius 2 is 1.81 bits per heavy atom. The highest BCUT2D eigenvalue weighted by Gasteiger charge is 2.27. The summed E-state index contributed by atoms with van der Waals surface area (Å²) in [5.74, 6) is -0.174. The van der Waals surface area contributed by atoms with Crippen LogP contribution in [-0.2, 0) is 17.6 Å². The Hall–Kier alpha value is -1.80. The molecule has 2 amide bonds. The predicted molar refractivity (Wildman–Crippen MR) is 130 cm³/mol. The lowest BCUT2D eigenvalue weighted by molar-refractivity contribution is 0.0948. The minimum absolute atomic E-state index is 0.171. The molecule has 0 fully saturated rings. The zero-order chi connectivity index (χ0) is 23.1. The van der Waals surface area contributed by atoms with Crippen molar-refractivity contribution in [3.05, 3.63) is 43.7 Å². The summed E-state index contributed by atoms with van der Waals surface area (Å²) < 4.78 is 10.6. The largest absolute Gasteiger partial charge is 0.490 e. The van der Waals surface area contributed by atoms with Gasteiger partial charge >= 0.3 is 0 Å². The normalized spacial score (nSPS) is 12.9. The first-order valence-electron chi connectivity index (χ1n) is 10.8. The van der Waals surface area contributed by atoms with Crippen molar-refractivity contribution in [1.82, 2.24) is 5.32 Å². The van der Waals surface area contributed by atoms with Gasteiger partial charge in [0.1, 0.15) is 5.00 Å². The SMILES string of the molecule is CCCOc1c(Cl)cc(C(=O)Nc2sc3c(c2C(=O)NCCCOC)CCCC3)cc1Cl. The number of nitrogens with one attached hydrogen (secondary N) is 2. The van der Waals surface area contributed by atoms with E-state index in [2.05, 4.69) is 10.6 Å². The predicted octanol–water partition coefficient (Wildman–Crippen LogP) is 5.74. The highest BCUT2D eigenvalue weighted by molar-refractivity contribution is 7.17. The molecule has 3 rings (SSSR count). The van der Waals surface area contributed by atoms with Crippen LogP contribution in [0, 0.1) is 0 Å². The van der Waals surface area contributed by atoms with Crippen LogP contribution in [0.3, 0.4) is 0 Å². The van der Waals surface area contributed by atoms with Gasteiger partial charge in [0.25, 0.3) is 11.8 Å². The number of amides is 2. The quantitative estimate of drug-likeness (QED) is 0.409. The maximum atomic E-state index is 13.0. The van der Waals surface area contributed by atoms with Crippen molar-refractivity contribution in [2.24, 2.45) is 0 Å². The lowest BCUT2D eigenvalue weighted by Gasteiger charge is -2.14. The molecule has 0 aliphatic heterocycles. The summed E-state index contributed by atoms with van der Waals surface area (Å²) in [5.41, 5.74) is 1.91. The summed E-state index contributed by atoms with van der Waals surface area (Å²) >= 11 is 14.1. The number of fused-ring (bicyclic) bond motifs is 1. The van der Waals surface area contributed by atoms with Crippen LogP contribution in [0.25, 0.3) is 0 Å². The van der Waals surface area contributed by atoms with E-state index in [4.69, 9.17) is 32.7 Å². The van der Waals surface area contributed by atoms with E-state index >= 15 is 0 Å². The highest BCUT2D eigenvalue weighted by atomic mass is 35.5. The number of thiophene rings is 1. The Labute approximate surface area is 202 Å². The number of carbonyl (C=O) groups is 2. The smallest absolute Gasteiger partial charge is 0.256 e. The van der Waals surface area contributed by atoms with E-state index in [1.807, 2.05) is 6.92 Å². The number of benzene rings is 1. The first-order chi connectivity index (χ1) is 15.5. The zero-order valence-corrected chi connectivity index (χ0v) is 20.6. The Bertz CT molecular complexity index is 954. The van der Waals surface area contributed by atoms with Gasteiger partial charge in [0.15, 0.2) is 5.75 Å². The average molecular weight is 499 g/mol. The van der Waals surface area contributed by atoms with Crippen molar-refractivity contribution >= 4 is 51.4 Å². The van der Waals surface area contributed by atoms with Crippen molar-refractivity contribution < 1.29 is 19.1 Å². The molecule has 9 heteroatoms. The topological polar surface area (TPSA) is 76.7 Å². The summed E-state index contributed by atoms with van der Waals surface area (Å²) in [6.45, 7) is 3.55. The van der Waals surface area contributed by atoms with Crippen LogP contribution in [0.15, 0.2) is 12.1 Å². The van der Waals surface area contributed by atoms with Crippen molar-refractivity contribution in [1.29, 1.82) is 0 Å². The number of hydrogen-bond acceptors (Lipinski definition) is 5. The van der Waals surface area contributed by atoms with Gasteiger partial charge in [-0.15, -0.1) is 11.3 Å². The minimum Gasteiger partial charge on any atom is -0.490 e. The third kappa shape index (κ3) is 5.95. The summed E-state index contributed by atoms with van der Waals surface area (Å²) in [5, 5.41) is 6.98. The van der Waals surface area contributed by atoms with Crippen molar-refractivity contribution in [3.63, 3.8) is 0 Å². The lowest BCUT2D eigenvalue weighted by Crippen LogP contribution is -2.27. The van der Waals surface area contributed by atoms with E-state index in [0.717, 1.165) is 49.0 Å². The monoisotopic (exact) mass is 498 g/mol. The second kappa shape index (κ2) is 11.9. The Morgan fingerprint density at radius 3 is 2.50 bits per heavy atom. The minimum atomic E-state index is -0.372. The molecule has 1 aliphatic rings. The molecule has 0 atom stereocenters. The van der Waals surface area contributed by atoms with Crippen LogP contribution in [0.4, 0.5) is 5.00 Å². The van der Waals surface area contributed by atoms with Crippen LogP contribution in [-0.4, -0.2) is 38.7 Å².